The van der Waals surface area contributed by atoms with Crippen molar-refractivity contribution in [3.05, 3.63) is 0 Å². The first-order valence-electron chi connectivity index (χ1n) is 8.37. The molecule has 11 heteroatoms. The van der Waals surface area contributed by atoms with E-state index in [2.05, 4.69) is 0 Å². The SMILES string of the molecule is CC(=O)OCCO[C@H](OC(C)=O)[C@H](OC(C)=O)[C@H](OC(C)=O)[C@@H](C)OC(C)=O. The van der Waals surface area contributed by atoms with Crippen LogP contribution in [0.3, 0.4) is 0 Å². The smallest absolute Gasteiger partial charge is 0.305 e. The fourth-order valence-electron chi connectivity index (χ4n) is 2.13. The van der Waals surface area contributed by atoms with Gasteiger partial charge in [0, 0.05) is 34.6 Å². The van der Waals surface area contributed by atoms with Crippen LogP contribution in [0.4, 0.5) is 0 Å². The van der Waals surface area contributed by atoms with Crippen molar-refractivity contribution in [2.45, 2.75) is 66.1 Å². The van der Waals surface area contributed by atoms with Crippen LogP contribution >= 0.6 is 0 Å². The zero-order valence-electron chi connectivity index (χ0n) is 16.7. The molecule has 160 valence electrons. The van der Waals surface area contributed by atoms with Crippen LogP contribution in [0.2, 0.25) is 0 Å². The molecular formula is C17H26O11. The second-order valence-corrected chi connectivity index (χ2v) is 5.65. The predicted octanol–water partition coefficient (Wildman–Crippen LogP) is 0.270. The van der Waals surface area contributed by atoms with Crippen LogP contribution in [0.25, 0.3) is 0 Å². The zero-order valence-corrected chi connectivity index (χ0v) is 16.7. The molecule has 0 aromatic rings. The minimum atomic E-state index is -1.53. The molecule has 0 spiro atoms. The number of esters is 5. The van der Waals surface area contributed by atoms with Crippen LogP contribution in [-0.2, 0) is 52.4 Å². The maximum atomic E-state index is 11.6. The van der Waals surface area contributed by atoms with Gasteiger partial charge >= 0.3 is 29.8 Å². The van der Waals surface area contributed by atoms with Crippen LogP contribution in [0.1, 0.15) is 41.5 Å². The first-order valence-corrected chi connectivity index (χ1v) is 8.37. The van der Waals surface area contributed by atoms with E-state index in [0.29, 0.717) is 0 Å². The highest BCUT2D eigenvalue weighted by atomic mass is 16.7. The van der Waals surface area contributed by atoms with Crippen molar-refractivity contribution in [1.82, 2.24) is 0 Å². The van der Waals surface area contributed by atoms with Gasteiger partial charge < -0.3 is 28.4 Å². The van der Waals surface area contributed by atoms with E-state index in [0.717, 1.165) is 27.7 Å². The Morgan fingerprint density at radius 1 is 0.607 bits per heavy atom. The maximum Gasteiger partial charge on any atom is 0.305 e. The molecule has 0 rings (SSSR count). The molecule has 0 heterocycles. The molecule has 0 aromatic heterocycles. The summed E-state index contributed by atoms with van der Waals surface area (Å²) >= 11 is 0. The standard InChI is InChI=1S/C17H26O11/c1-9(25-11(3)19)15(26-12(4)20)16(27-13(5)21)17(28-14(6)22)24-8-7-23-10(2)18/h9,15-17H,7-8H2,1-6H3/t9-,15-,16-,17-/m1/s1. The van der Waals surface area contributed by atoms with Gasteiger partial charge in [0.25, 0.3) is 0 Å². The topological polar surface area (TPSA) is 141 Å². The van der Waals surface area contributed by atoms with Gasteiger partial charge in [0.2, 0.25) is 12.4 Å². The summed E-state index contributed by atoms with van der Waals surface area (Å²) in [5.41, 5.74) is 0. The molecular weight excluding hydrogens is 380 g/mol. The molecule has 0 aliphatic heterocycles. The normalized spacial score (nSPS) is 14.6. The highest BCUT2D eigenvalue weighted by Gasteiger charge is 2.42. The van der Waals surface area contributed by atoms with Crippen LogP contribution in [0, 0.1) is 0 Å². The van der Waals surface area contributed by atoms with Crippen LogP contribution < -0.4 is 0 Å². The second-order valence-electron chi connectivity index (χ2n) is 5.65. The molecule has 0 N–H and O–H groups in total. The van der Waals surface area contributed by atoms with Gasteiger partial charge in [0.05, 0.1) is 6.61 Å². The van der Waals surface area contributed by atoms with Crippen molar-refractivity contribution in [3.8, 4) is 0 Å². The van der Waals surface area contributed by atoms with E-state index < -0.39 is 54.4 Å². The van der Waals surface area contributed by atoms with Crippen molar-refractivity contribution in [3.63, 3.8) is 0 Å². The Labute approximate surface area is 162 Å². The summed E-state index contributed by atoms with van der Waals surface area (Å²) < 4.78 is 30.4. The monoisotopic (exact) mass is 406 g/mol. The summed E-state index contributed by atoms with van der Waals surface area (Å²) in [5, 5.41) is 0. The van der Waals surface area contributed by atoms with E-state index in [1.807, 2.05) is 0 Å². The Morgan fingerprint density at radius 2 is 1.07 bits per heavy atom. The fourth-order valence-corrected chi connectivity index (χ4v) is 2.13. The van der Waals surface area contributed by atoms with E-state index in [9.17, 15) is 24.0 Å². The van der Waals surface area contributed by atoms with Gasteiger partial charge in [0.1, 0.15) is 12.7 Å². The van der Waals surface area contributed by atoms with Gasteiger partial charge in [-0.3, -0.25) is 24.0 Å². The van der Waals surface area contributed by atoms with Crippen molar-refractivity contribution >= 4 is 29.8 Å². The number of ether oxygens (including phenoxy) is 6. The summed E-state index contributed by atoms with van der Waals surface area (Å²) in [4.78, 5) is 56.6. The zero-order chi connectivity index (χ0) is 21.9. The lowest BCUT2D eigenvalue weighted by Gasteiger charge is -2.34. The number of hydrogen-bond acceptors (Lipinski definition) is 11. The third-order valence-electron chi connectivity index (χ3n) is 2.96. The van der Waals surface area contributed by atoms with Crippen molar-refractivity contribution in [2.24, 2.45) is 0 Å². The molecule has 0 fully saturated rings. The number of rotatable bonds is 11. The first-order chi connectivity index (χ1) is 12.9. The Morgan fingerprint density at radius 3 is 1.50 bits per heavy atom. The summed E-state index contributed by atoms with van der Waals surface area (Å²) in [6, 6.07) is 0. The van der Waals surface area contributed by atoms with Crippen LogP contribution in [0.15, 0.2) is 0 Å². The molecule has 0 aliphatic carbocycles. The average Bonchev–Trinajstić information content (AvgIpc) is 2.51. The first kappa shape index (κ1) is 25.3. The highest BCUT2D eigenvalue weighted by molar-refractivity contribution is 5.69. The molecule has 0 amide bonds. The number of carbonyl (C=O) groups is 5. The minimum absolute atomic E-state index is 0.169. The van der Waals surface area contributed by atoms with Gasteiger partial charge in [-0.25, -0.2) is 0 Å². The van der Waals surface area contributed by atoms with E-state index in [1.54, 1.807) is 0 Å². The third kappa shape index (κ3) is 11.1. The molecule has 11 nitrogen and oxygen atoms in total. The average molecular weight is 406 g/mol. The summed E-state index contributed by atoms with van der Waals surface area (Å²) in [6.07, 6.45) is -5.40. The lowest BCUT2D eigenvalue weighted by Crippen LogP contribution is -2.51. The molecule has 0 radical (unpaired) electrons. The van der Waals surface area contributed by atoms with Gasteiger partial charge in [-0.1, -0.05) is 0 Å². The van der Waals surface area contributed by atoms with E-state index in [1.165, 1.54) is 13.8 Å². The van der Waals surface area contributed by atoms with Crippen molar-refractivity contribution in [2.75, 3.05) is 13.2 Å². The third-order valence-corrected chi connectivity index (χ3v) is 2.96. The van der Waals surface area contributed by atoms with Gasteiger partial charge in [-0.2, -0.15) is 0 Å². The summed E-state index contributed by atoms with van der Waals surface area (Å²) in [7, 11) is 0. The maximum absolute atomic E-state index is 11.6. The van der Waals surface area contributed by atoms with Crippen LogP contribution in [-0.4, -0.2) is 67.7 Å². The quantitative estimate of drug-likeness (QED) is 0.202. The molecule has 0 aromatic carbocycles. The van der Waals surface area contributed by atoms with E-state index >= 15 is 0 Å². The van der Waals surface area contributed by atoms with Crippen molar-refractivity contribution < 1.29 is 52.4 Å². The van der Waals surface area contributed by atoms with Gasteiger partial charge in [-0.05, 0) is 6.92 Å². The molecule has 0 aliphatic rings. The summed E-state index contributed by atoms with van der Waals surface area (Å²) in [5.74, 6) is -3.56. The van der Waals surface area contributed by atoms with E-state index in [4.69, 9.17) is 28.4 Å². The van der Waals surface area contributed by atoms with Crippen molar-refractivity contribution in [1.29, 1.82) is 0 Å². The largest absolute Gasteiger partial charge is 0.463 e. The van der Waals surface area contributed by atoms with Gasteiger partial charge in [-0.15, -0.1) is 0 Å². The molecule has 4 atom stereocenters. The Bertz CT molecular complexity index is 571. The van der Waals surface area contributed by atoms with Crippen LogP contribution in [0.5, 0.6) is 0 Å². The lowest BCUT2D eigenvalue weighted by atomic mass is 10.1. The Balaban J connectivity index is 5.66. The number of hydrogen-bond donors (Lipinski definition) is 0. The Kier molecular flexibility index (Phi) is 11.4. The molecule has 28 heavy (non-hydrogen) atoms. The molecule has 0 saturated carbocycles. The summed E-state index contributed by atoms with van der Waals surface area (Å²) in [6.45, 7) is 6.61. The van der Waals surface area contributed by atoms with Gasteiger partial charge in [0.15, 0.2) is 6.10 Å². The Hall–Kier alpha value is -2.69. The lowest BCUT2D eigenvalue weighted by molar-refractivity contribution is -0.239. The molecule has 0 unspecified atom stereocenters. The number of carbonyl (C=O) groups excluding carboxylic acids is 5. The van der Waals surface area contributed by atoms with E-state index in [-0.39, 0.29) is 13.2 Å². The highest BCUT2D eigenvalue weighted by Crippen LogP contribution is 2.20. The minimum Gasteiger partial charge on any atom is -0.463 e. The second kappa shape index (κ2) is 12.7. The predicted molar refractivity (Wildman–Crippen MR) is 90.5 cm³/mol. The molecule has 0 bridgehead atoms. The molecule has 0 saturated heterocycles. The fraction of sp³-hybridized carbons (Fsp3) is 0.706.